The van der Waals surface area contributed by atoms with Gasteiger partial charge in [-0.25, -0.2) is 0 Å². The monoisotopic (exact) mass is 345 g/mol. The summed E-state index contributed by atoms with van der Waals surface area (Å²) in [6.07, 6.45) is 2.38. The van der Waals surface area contributed by atoms with Crippen molar-refractivity contribution < 1.29 is 4.79 Å². The maximum atomic E-state index is 12.2. The molecule has 24 heavy (non-hydrogen) atoms. The van der Waals surface area contributed by atoms with Gasteiger partial charge in [0.1, 0.15) is 5.69 Å². The van der Waals surface area contributed by atoms with Crippen molar-refractivity contribution in [3.63, 3.8) is 0 Å². The molecule has 1 unspecified atom stereocenters. The summed E-state index contributed by atoms with van der Waals surface area (Å²) in [6, 6.07) is 10.5. The van der Waals surface area contributed by atoms with E-state index in [2.05, 4.69) is 34.3 Å². The summed E-state index contributed by atoms with van der Waals surface area (Å²) in [4.78, 5) is 28.3. The normalized spacial score (nSPS) is 17.5. The third-order valence-corrected chi connectivity index (χ3v) is 5.33. The number of H-pyrrole nitrogens is 1. The molecule has 2 N–H and O–H groups in total. The summed E-state index contributed by atoms with van der Waals surface area (Å²) in [6.45, 7) is 4.93. The SMILES string of the molecule is CC1CCN(C(CNC(=O)c2csc(=O)[nH]2)c2ccccc2)CC1. The molecule has 5 nitrogen and oxygen atoms in total. The predicted octanol–water partition coefficient (Wildman–Crippen LogP) is 2.64. The van der Waals surface area contributed by atoms with Gasteiger partial charge in [-0.2, -0.15) is 0 Å². The number of nitrogens with zero attached hydrogens (tertiary/aromatic N) is 1. The van der Waals surface area contributed by atoms with E-state index in [4.69, 9.17) is 0 Å². The van der Waals surface area contributed by atoms with E-state index in [1.807, 2.05) is 18.2 Å². The molecule has 2 heterocycles. The number of thiazole rings is 1. The van der Waals surface area contributed by atoms with Crippen molar-refractivity contribution in [2.24, 2.45) is 5.92 Å². The Morgan fingerprint density at radius 1 is 1.33 bits per heavy atom. The minimum Gasteiger partial charge on any atom is -0.349 e. The molecule has 0 bridgehead atoms. The van der Waals surface area contributed by atoms with Gasteiger partial charge in [0.05, 0.1) is 6.04 Å². The average Bonchev–Trinajstić information content (AvgIpc) is 3.04. The lowest BCUT2D eigenvalue weighted by molar-refractivity contribution is 0.0908. The molecule has 2 aromatic rings. The number of rotatable bonds is 5. The van der Waals surface area contributed by atoms with Gasteiger partial charge in [0.25, 0.3) is 5.91 Å². The zero-order chi connectivity index (χ0) is 16.9. The number of aromatic amines is 1. The van der Waals surface area contributed by atoms with E-state index in [1.54, 1.807) is 5.38 Å². The van der Waals surface area contributed by atoms with Gasteiger partial charge < -0.3 is 10.3 Å². The Balaban J connectivity index is 1.70. The highest BCUT2D eigenvalue weighted by Crippen LogP contribution is 2.26. The molecule has 1 aliphatic rings. The van der Waals surface area contributed by atoms with E-state index in [9.17, 15) is 9.59 Å². The van der Waals surface area contributed by atoms with Gasteiger partial charge in [-0.15, -0.1) is 0 Å². The number of carbonyl (C=O) groups excluding carboxylic acids is 1. The van der Waals surface area contributed by atoms with E-state index < -0.39 is 0 Å². The zero-order valence-electron chi connectivity index (χ0n) is 13.8. The second kappa shape index (κ2) is 7.77. The van der Waals surface area contributed by atoms with Gasteiger partial charge >= 0.3 is 4.87 Å². The summed E-state index contributed by atoms with van der Waals surface area (Å²) in [5, 5.41) is 4.54. The highest BCUT2D eigenvalue weighted by molar-refractivity contribution is 7.07. The topological polar surface area (TPSA) is 65.2 Å². The molecule has 1 aromatic heterocycles. The summed E-state index contributed by atoms with van der Waals surface area (Å²) in [5.41, 5.74) is 1.55. The van der Waals surface area contributed by atoms with Gasteiger partial charge in [-0.3, -0.25) is 14.5 Å². The Bertz CT molecular complexity index is 717. The molecule has 6 heteroatoms. The van der Waals surface area contributed by atoms with Crippen molar-refractivity contribution in [3.8, 4) is 0 Å². The smallest absolute Gasteiger partial charge is 0.305 e. The number of nitrogens with one attached hydrogen (secondary N) is 2. The molecule has 1 aliphatic heterocycles. The third-order valence-electron chi connectivity index (χ3n) is 4.66. The molecule has 1 fully saturated rings. The van der Waals surface area contributed by atoms with Crippen LogP contribution in [0.1, 0.15) is 41.9 Å². The second-order valence-electron chi connectivity index (χ2n) is 6.42. The van der Waals surface area contributed by atoms with E-state index in [1.165, 1.54) is 18.4 Å². The first-order valence-electron chi connectivity index (χ1n) is 8.38. The van der Waals surface area contributed by atoms with Gasteiger partial charge in [0.2, 0.25) is 0 Å². The molecular formula is C18H23N3O2S. The Hall–Kier alpha value is -1.92. The predicted molar refractivity (Wildman–Crippen MR) is 96.4 cm³/mol. The number of piperidine rings is 1. The van der Waals surface area contributed by atoms with Gasteiger partial charge in [0, 0.05) is 11.9 Å². The first-order valence-corrected chi connectivity index (χ1v) is 9.26. The fourth-order valence-electron chi connectivity index (χ4n) is 3.15. The fourth-order valence-corrected chi connectivity index (χ4v) is 3.71. The van der Waals surface area contributed by atoms with Crippen molar-refractivity contribution in [2.75, 3.05) is 19.6 Å². The van der Waals surface area contributed by atoms with Crippen LogP contribution in [0.25, 0.3) is 0 Å². The number of hydrogen-bond donors (Lipinski definition) is 2. The number of amides is 1. The highest BCUT2D eigenvalue weighted by atomic mass is 32.1. The summed E-state index contributed by atoms with van der Waals surface area (Å²) < 4.78 is 0. The molecule has 1 atom stereocenters. The van der Waals surface area contributed by atoms with E-state index in [-0.39, 0.29) is 16.8 Å². The molecular weight excluding hydrogens is 322 g/mol. The van der Waals surface area contributed by atoms with Gasteiger partial charge in [-0.1, -0.05) is 48.6 Å². The molecule has 0 aliphatic carbocycles. The van der Waals surface area contributed by atoms with Crippen LogP contribution in [-0.4, -0.2) is 35.4 Å². The van der Waals surface area contributed by atoms with Crippen LogP contribution in [0.5, 0.6) is 0 Å². The quantitative estimate of drug-likeness (QED) is 0.875. The van der Waals surface area contributed by atoms with Crippen LogP contribution in [0.15, 0.2) is 40.5 Å². The summed E-state index contributed by atoms with van der Waals surface area (Å²) in [7, 11) is 0. The van der Waals surface area contributed by atoms with Crippen molar-refractivity contribution in [3.05, 3.63) is 56.6 Å². The maximum Gasteiger partial charge on any atom is 0.305 e. The van der Waals surface area contributed by atoms with Gasteiger partial charge in [0.15, 0.2) is 0 Å². The molecule has 1 saturated heterocycles. The highest BCUT2D eigenvalue weighted by Gasteiger charge is 2.25. The van der Waals surface area contributed by atoms with Crippen molar-refractivity contribution in [1.29, 1.82) is 0 Å². The van der Waals surface area contributed by atoms with E-state index in [0.29, 0.717) is 12.2 Å². The Labute approximate surface area is 145 Å². The molecule has 0 saturated carbocycles. The lowest BCUT2D eigenvalue weighted by Crippen LogP contribution is -2.42. The molecule has 128 valence electrons. The maximum absolute atomic E-state index is 12.2. The number of benzene rings is 1. The second-order valence-corrected chi connectivity index (χ2v) is 7.26. The van der Waals surface area contributed by atoms with Gasteiger partial charge in [-0.05, 0) is 37.4 Å². The first-order chi connectivity index (χ1) is 11.6. The number of aromatic nitrogens is 1. The van der Waals surface area contributed by atoms with Crippen molar-refractivity contribution in [1.82, 2.24) is 15.2 Å². The van der Waals surface area contributed by atoms with Crippen LogP contribution in [-0.2, 0) is 0 Å². The summed E-state index contributed by atoms with van der Waals surface area (Å²) >= 11 is 1.01. The van der Waals surface area contributed by atoms with E-state index >= 15 is 0 Å². The molecule has 1 amide bonds. The lowest BCUT2D eigenvalue weighted by Gasteiger charge is -2.37. The Morgan fingerprint density at radius 3 is 2.67 bits per heavy atom. The minimum atomic E-state index is -0.223. The van der Waals surface area contributed by atoms with Crippen molar-refractivity contribution in [2.45, 2.75) is 25.8 Å². The number of hydrogen-bond acceptors (Lipinski definition) is 4. The van der Waals surface area contributed by atoms with Crippen LogP contribution in [0.2, 0.25) is 0 Å². The van der Waals surface area contributed by atoms with Crippen LogP contribution in [0.3, 0.4) is 0 Å². The van der Waals surface area contributed by atoms with Crippen LogP contribution < -0.4 is 10.2 Å². The molecule has 1 aromatic carbocycles. The van der Waals surface area contributed by atoms with Crippen molar-refractivity contribution >= 4 is 17.2 Å². The standard InChI is InChI=1S/C18H23N3O2S/c1-13-7-9-21(10-8-13)16(14-5-3-2-4-6-14)11-19-17(22)15-12-24-18(23)20-15/h2-6,12-13,16H,7-11H2,1H3,(H,19,22)(H,20,23). The molecule has 3 rings (SSSR count). The van der Waals surface area contributed by atoms with E-state index in [0.717, 1.165) is 30.3 Å². The number of likely N-dealkylation sites (tertiary alicyclic amines) is 1. The third kappa shape index (κ3) is 4.13. The van der Waals surface area contributed by atoms with Crippen LogP contribution in [0, 0.1) is 5.92 Å². The summed E-state index contributed by atoms with van der Waals surface area (Å²) in [5.74, 6) is 0.544. The Kier molecular flexibility index (Phi) is 5.48. The van der Waals surface area contributed by atoms with Crippen LogP contribution >= 0.6 is 11.3 Å². The van der Waals surface area contributed by atoms with Crippen LogP contribution in [0.4, 0.5) is 0 Å². The lowest BCUT2D eigenvalue weighted by atomic mass is 9.95. The zero-order valence-corrected chi connectivity index (χ0v) is 14.6. The largest absolute Gasteiger partial charge is 0.349 e. The molecule has 0 radical (unpaired) electrons. The fraction of sp³-hybridized carbons (Fsp3) is 0.444. The number of carbonyl (C=O) groups is 1. The average molecular weight is 345 g/mol. The Morgan fingerprint density at radius 2 is 2.04 bits per heavy atom. The minimum absolute atomic E-state index is 0.160. The molecule has 0 spiro atoms. The first kappa shape index (κ1) is 16.9.